The maximum absolute atomic E-state index is 12.2. The molecule has 0 spiro atoms. The summed E-state index contributed by atoms with van der Waals surface area (Å²) in [5.41, 5.74) is 3.93. The number of thioether (sulfide) groups is 1. The molecule has 1 saturated heterocycles. The minimum absolute atomic E-state index is 0.517. The van der Waals surface area contributed by atoms with E-state index in [1.165, 1.54) is 4.90 Å². The molecule has 0 atom stereocenters. The van der Waals surface area contributed by atoms with E-state index in [9.17, 15) is 8.78 Å². The molecule has 1 aromatic carbocycles. The highest BCUT2D eigenvalue weighted by Crippen LogP contribution is 2.26. The Kier molecular flexibility index (Phi) is 6.16. The molecule has 2 rings (SSSR count). The summed E-state index contributed by atoms with van der Waals surface area (Å²) in [6, 6.07) is 6.79. The first-order chi connectivity index (χ1) is 10.0. The van der Waals surface area contributed by atoms with E-state index >= 15 is 0 Å². The molecule has 0 aromatic heterocycles. The predicted octanol–water partition coefficient (Wildman–Crippen LogP) is 1.03. The molecule has 8 heteroatoms. The maximum Gasteiger partial charge on any atom is 0.288 e. The van der Waals surface area contributed by atoms with Gasteiger partial charge in [-0.3, -0.25) is 5.43 Å². The molecule has 116 valence electrons. The van der Waals surface area contributed by atoms with Crippen LogP contribution in [0.2, 0.25) is 0 Å². The van der Waals surface area contributed by atoms with Crippen LogP contribution in [0.25, 0.3) is 0 Å². The van der Waals surface area contributed by atoms with Crippen molar-refractivity contribution in [3.63, 3.8) is 0 Å². The number of quaternary nitrogens is 1. The van der Waals surface area contributed by atoms with Gasteiger partial charge in [-0.15, -0.1) is 0 Å². The summed E-state index contributed by atoms with van der Waals surface area (Å²) in [5, 5.41) is 5.66. The Hall–Kier alpha value is -0.960. The SMILES string of the molecule is C[NH+]1CCN(NC(=S)Nc2ccc(SC(F)F)cc2)CC1. The molecule has 0 amide bonds. The fraction of sp³-hybridized carbons (Fsp3) is 0.462. The molecular formula is C13H19F2N4S2+. The zero-order valence-corrected chi connectivity index (χ0v) is 13.4. The Balaban J connectivity index is 1.79. The van der Waals surface area contributed by atoms with Crippen LogP contribution in [-0.4, -0.2) is 49.1 Å². The minimum Gasteiger partial charge on any atom is -0.335 e. The molecule has 0 radical (unpaired) electrons. The third kappa shape index (κ3) is 5.74. The van der Waals surface area contributed by atoms with Gasteiger partial charge in [-0.25, -0.2) is 5.01 Å². The number of likely N-dealkylation sites (N-methyl/N-ethyl adjacent to an activating group) is 1. The number of nitrogens with zero attached hydrogens (tertiary/aromatic N) is 1. The normalized spacial score (nSPS) is 17.0. The average molecular weight is 333 g/mol. The third-order valence-electron chi connectivity index (χ3n) is 3.21. The van der Waals surface area contributed by atoms with Crippen LogP contribution in [0, 0.1) is 0 Å². The zero-order chi connectivity index (χ0) is 15.2. The summed E-state index contributed by atoms with van der Waals surface area (Å²) in [5.74, 6) is -2.40. The van der Waals surface area contributed by atoms with Gasteiger partial charge in [0.05, 0.1) is 33.2 Å². The quantitative estimate of drug-likeness (QED) is 0.566. The van der Waals surface area contributed by atoms with Crippen LogP contribution in [0.5, 0.6) is 0 Å². The first kappa shape index (κ1) is 16.4. The Bertz CT molecular complexity index is 462. The van der Waals surface area contributed by atoms with Crippen molar-refractivity contribution in [1.82, 2.24) is 10.4 Å². The third-order valence-corrected chi connectivity index (χ3v) is 4.13. The van der Waals surface area contributed by atoms with Crippen molar-refractivity contribution in [2.45, 2.75) is 10.7 Å². The van der Waals surface area contributed by atoms with Crippen LogP contribution < -0.4 is 15.6 Å². The molecule has 1 aliphatic heterocycles. The summed E-state index contributed by atoms with van der Waals surface area (Å²) >= 11 is 5.79. The molecule has 0 unspecified atom stereocenters. The van der Waals surface area contributed by atoms with Crippen LogP contribution in [0.1, 0.15) is 0 Å². The molecule has 0 aliphatic carbocycles. The summed E-state index contributed by atoms with van der Waals surface area (Å²) in [6.07, 6.45) is 0. The van der Waals surface area contributed by atoms with Gasteiger partial charge in [-0.05, 0) is 36.5 Å². The molecular weight excluding hydrogens is 314 g/mol. The Labute approximate surface area is 132 Å². The average Bonchev–Trinajstić information content (AvgIpc) is 2.43. The van der Waals surface area contributed by atoms with Gasteiger partial charge < -0.3 is 10.2 Å². The molecule has 0 saturated carbocycles. The highest BCUT2D eigenvalue weighted by molar-refractivity contribution is 7.99. The van der Waals surface area contributed by atoms with Gasteiger partial charge >= 0.3 is 0 Å². The van der Waals surface area contributed by atoms with E-state index in [-0.39, 0.29) is 0 Å². The fourth-order valence-electron chi connectivity index (χ4n) is 2.02. The van der Waals surface area contributed by atoms with Crippen molar-refractivity contribution in [3.05, 3.63) is 24.3 Å². The number of rotatable bonds is 4. The predicted molar refractivity (Wildman–Crippen MR) is 85.9 cm³/mol. The van der Waals surface area contributed by atoms with Crippen molar-refractivity contribution in [2.24, 2.45) is 0 Å². The number of alkyl halides is 2. The van der Waals surface area contributed by atoms with Gasteiger partial charge in [0.15, 0.2) is 5.11 Å². The molecule has 1 aliphatic rings. The van der Waals surface area contributed by atoms with Crippen molar-refractivity contribution in [3.8, 4) is 0 Å². The number of hydrogen-bond donors (Lipinski definition) is 3. The summed E-state index contributed by atoms with van der Waals surface area (Å²) in [6.45, 7) is 4.04. The number of benzene rings is 1. The Morgan fingerprint density at radius 2 is 1.90 bits per heavy atom. The van der Waals surface area contributed by atoms with Gasteiger partial charge in [0.25, 0.3) is 5.76 Å². The molecule has 1 aromatic rings. The number of halogens is 2. The number of anilines is 1. The minimum atomic E-state index is -2.40. The summed E-state index contributed by atoms with van der Waals surface area (Å²) in [7, 11) is 2.17. The zero-order valence-electron chi connectivity index (χ0n) is 11.7. The van der Waals surface area contributed by atoms with Gasteiger partial charge in [0, 0.05) is 10.6 Å². The van der Waals surface area contributed by atoms with Crippen LogP contribution >= 0.6 is 24.0 Å². The smallest absolute Gasteiger partial charge is 0.288 e. The van der Waals surface area contributed by atoms with Crippen molar-refractivity contribution >= 4 is 34.8 Å². The molecule has 21 heavy (non-hydrogen) atoms. The number of hydrogen-bond acceptors (Lipinski definition) is 3. The van der Waals surface area contributed by atoms with Gasteiger partial charge in [0.2, 0.25) is 0 Å². The first-order valence-corrected chi connectivity index (χ1v) is 8.00. The fourth-order valence-corrected chi connectivity index (χ4v) is 2.77. The van der Waals surface area contributed by atoms with E-state index in [0.29, 0.717) is 21.8 Å². The second-order valence-corrected chi connectivity index (χ2v) is 6.38. The van der Waals surface area contributed by atoms with E-state index < -0.39 is 5.76 Å². The lowest BCUT2D eigenvalue weighted by Crippen LogP contribution is -3.12. The highest BCUT2D eigenvalue weighted by Gasteiger charge is 2.16. The van der Waals surface area contributed by atoms with E-state index in [4.69, 9.17) is 12.2 Å². The summed E-state index contributed by atoms with van der Waals surface area (Å²) in [4.78, 5) is 2.05. The van der Waals surface area contributed by atoms with Crippen LogP contribution in [0.3, 0.4) is 0 Å². The maximum atomic E-state index is 12.2. The Morgan fingerprint density at radius 1 is 1.29 bits per heavy atom. The lowest BCUT2D eigenvalue weighted by Gasteiger charge is -2.31. The number of piperazine rings is 1. The van der Waals surface area contributed by atoms with E-state index in [2.05, 4.69) is 22.8 Å². The Morgan fingerprint density at radius 3 is 2.48 bits per heavy atom. The monoisotopic (exact) mass is 333 g/mol. The second kappa shape index (κ2) is 7.88. The highest BCUT2D eigenvalue weighted by atomic mass is 32.2. The van der Waals surface area contributed by atoms with Gasteiger partial charge in [-0.1, -0.05) is 11.8 Å². The number of hydrazine groups is 1. The van der Waals surface area contributed by atoms with Crippen molar-refractivity contribution < 1.29 is 13.7 Å². The van der Waals surface area contributed by atoms with E-state index in [0.717, 1.165) is 31.9 Å². The van der Waals surface area contributed by atoms with Crippen LogP contribution in [0.15, 0.2) is 29.2 Å². The largest absolute Gasteiger partial charge is 0.335 e. The molecule has 4 nitrogen and oxygen atoms in total. The topological polar surface area (TPSA) is 31.7 Å². The van der Waals surface area contributed by atoms with E-state index in [1.807, 2.05) is 0 Å². The summed E-state index contributed by atoms with van der Waals surface area (Å²) < 4.78 is 24.5. The lowest BCUT2D eigenvalue weighted by molar-refractivity contribution is -0.884. The van der Waals surface area contributed by atoms with Crippen molar-refractivity contribution in [1.29, 1.82) is 0 Å². The second-order valence-electron chi connectivity index (χ2n) is 4.91. The number of thiocarbonyl (C=S) groups is 1. The molecule has 1 fully saturated rings. The van der Waals surface area contributed by atoms with Crippen LogP contribution in [-0.2, 0) is 0 Å². The number of nitrogens with one attached hydrogen (secondary N) is 3. The van der Waals surface area contributed by atoms with Crippen LogP contribution in [0.4, 0.5) is 14.5 Å². The van der Waals surface area contributed by atoms with Crippen molar-refractivity contribution in [2.75, 3.05) is 38.5 Å². The molecule has 0 bridgehead atoms. The van der Waals surface area contributed by atoms with E-state index in [1.54, 1.807) is 24.3 Å². The van der Waals surface area contributed by atoms with Gasteiger partial charge in [-0.2, -0.15) is 8.78 Å². The molecule has 1 heterocycles. The lowest BCUT2D eigenvalue weighted by atomic mass is 10.3. The standard InChI is InChI=1S/C13H18F2N4S2/c1-18-6-8-19(9-7-18)17-13(20)16-10-2-4-11(5-3-10)21-12(14)15/h2-5,12H,6-9H2,1H3,(H2,16,17,20)/p+1. The first-order valence-electron chi connectivity index (χ1n) is 6.71. The molecule has 3 N–H and O–H groups in total. The van der Waals surface area contributed by atoms with Gasteiger partial charge in [0.1, 0.15) is 0 Å².